The Morgan fingerprint density at radius 1 is 1.08 bits per heavy atom. The van der Waals surface area contributed by atoms with E-state index in [1.54, 1.807) is 12.4 Å². The van der Waals surface area contributed by atoms with Crippen LogP contribution in [0, 0.1) is 11.8 Å². The molecule has 3 aliphatic heterocycles. The van der Waals surface area contributed by atoms with Gasteiger partial charge in [-0.3, -0.25) is 9.59 Å². The van der Waals surface area contributed by atoms with Gasteiger partial charge >= 0.3 is 0 Å². The van der Waals surface area contributed by atoms with Gasteiger partial charge in [-0.05, 0) is 30.7 Å². The molecule has 1 aromatic rings. The number of hydrogen-bond acceptors (Lipinski definition) is 5. The summed E-state index contributed by atoms with van der Waals surface area (Å²) in [7, 11) is 0. The highest BCUT2D eigenvalue weighted by molar-refractivity contribution is 5.78. The first-order valence-corrected chi connectivity index (χ1v) is 9.62. The number of carbonyl (C=O) groups is 2. The fourth-order valence-corrected chi connectivity index (χ4v) is 4.40. The van der Waals surface area contributed by atoms with Crippen LogP contribution in [0.3, 0.4) is 0 Å². The van der Waals surface area contributed by atoms with E-state index in [4.69, 9.17) is 4.74 Å². The molecule has 3 aliphatic rings. The van der Waals surface area contributed by atoms with Gasteiger partial charge in [-0.2, -0.15) is 0 Å². The molecule has 4 heterocycles. The molecule has 0 saturated carbocycles. The Balaban J connectivity index is 1.28. The number of aromatic nitrogens is 2. The highest BCUT2D eigenvalue weighted by Gasteiger charge is 2.45. The molecule has 7 nitrogen and oxygen atoms in total. The molecular weight excluding hydrogens is 332 g/mol. The Hall–Kier alpha value is -2.02. The third-order valence-corrected chi connectivity index (χ3v) is 5.93. The largest absolute Gasteiger partial charge is 0.376 e. The highest BCUT2D eigenvalue weighted by Crippen LogP contribution is 2.36. The maximum atomic E-state index is 12.5. The van der Waals surface area contributed by atoms with Gasteiger partial charge in [0.1, 0.15) is 6.33 Å². The molecule has 1 aromatic heterocycles. The lowest BCUT2D eigenvalue weighted by Crippen LogP contribution is -2.33. The summed E-state index contributed by atoms with van der Waals surface area (Å²) in [5, 5.41) is 0. The van der Waals surface area contributed by atoms with Crippen molar-refractivity contribution in [1.29, 1.82) is 0 Å². The van der Waals surface area contributed by atoms with Gasteiger partial charge in [-0.15, -0.1) is 0 Å². The summed E-state index contributed by atoms with van der Waals surface area (Å²) in [5.41, 5.74) is 0.977. The predicted molar refractivity (Wildman–Crippen MR) is 94.1 cm³/mol. The van der Waals surface area contributed by atoms with Crippen LogP contribution < -0.4 is 0 Å². The molecule has 0 aromatic carbocycles. The number of likely N-dealkylation sites (tertiary alicyclic amines) is 2. The van der Waals surface area contributed by atoms with Crippen molar-refractivity contribution >= 4 is 11.8 Å². The van der Waals surface area contributed by atoms with Crippen LogP contribution in [-0.4, -0.2) is 70.5 Å². The molecule has 3 saturated heterocycles. The topological polar surface area (TPSA) is 75.6 Å². The number of carbonyl (C=O) groups excluding carboxylic acids is 2. The summed E-state index contributed by atoms with van der Waals surface area (Å²) in [5.74, 6) is 0.945. The quantitative estimate of drug-likeness (QED) is 0.782. The standard InChI is InChI=1S/C19H26N4O3/c24-18(4-3-14-8-20-13-21-9-14)23-10-16-15(12-26-17(16)11-23)7-19(25)22-5-1-2-6-22/h8-9,13,15-17H,1-7,10-12H2/t15-,16+,17+/m0/s1. The fourth-order valence-electron chi connectivity index (χ4n) is 4.40. The number of aryl methyl sites for hydroxylation is 1. The van der Waals surface area contributed by atoms with E-state index in [1.165, 1.54) is 6.33 Å². The lowest BCUT2D eigenvalue weighted by Gasteiger charge is -2.22. The number of ether oxygens (including phenoxy) is 1. The summed E-state index contributed by atoms with van der Waals surface area (Å²) in [6, 6.07) is 0. The summed E-state index contributed by atoms with van der Waals surface area (Å²) in [6.45, 7) is 3.82. The zero-order valence-electron chi connectivity index (χ0n) is 15.0. The van der Waals surface area contributed by atoms with Crippen LogP contribution in [-0.2, 0) is 20.7 Å². The van der Waals surface area contributed by atoms with Crippen molar-refractivity contribution in [3.8, 4) is 0 Å². The van der Waals surface area contributed by atoms with Gasteiger partial charge < -0.3 is 14.5 Å². The van der Waals surface area contributed by atoms with Gasteiger partial charge in [0.05, 0.1) is 12.7 Å². The summed E-state index contributed by atoms with van der Waals surface area (Å²) in [6.07, 6.45) is 9.01. The van der Waals surface area contributed by atoms with E-state index in [9.17, 15) is 9.59 Å². The van der Waals surface area contributed by atoms with Gasteiger partial charge in [-0.1, -0.05) is 0 Å². The van der Waals surface area contributed by atoms with Gasteiger partial charge in [0.2, 0.25) is 11.8 Å². The first kappa shape index (κ1) is 17.4. The zero-order chi connectivity index (χ0) is 17.9. The number of amides is 2. The van der Waals surface area contributed by atoms with Gasteiger partial charge in [-0.25, -0.2) is 9.97 Å². The second-order valence-corrected chi connectivity index (χ2v) is 7.63. The third-order valence-electron chi connectivity index (χ3n) is 5.93. The van der Waals surface area contributed by atoms with Crippen molar-refractivity contribution in [3.05, 3.63) is 24.3 Å². The van der Waals surface area contributed by atoms with Crippen LogP contribution >= 0.6 is 0 Å². The Kier molecular flexibility index (Phi) is 5.15. The predicted octanol–water partition coefficient (Wildman–Crippen LogP) is 0.895. The fraction of sp³-hybridized carbons (Fsp3) is 0.684. The van der Waals surface area contributed by atoms with E-state index < -0.39 is 0 Å². The molecule has 0 unspecified atom stereocenters. The molecule has 4 rings (SSSR count). The van der Waals surface area contributed by atoms with Crippen molar-refractivity contribution < 1.29 is 14.3 Å². The van der Waals surface area contributed by atoms with Crippen LogP contribution in [0.4, 0.5) is 0 Å². The molecule has 26 heavy (non-hydrogen) atoms. The first-order valence-electron chi connectivity index (χ1n) is 9.62. The van der Waals surface area contributed by atoms with E-state index in [-0.39, 0.29) is 23.8 Å². The van der Waals surface area contributed by atoms with Crippen molar-refractivity contribution in [2.45, 2.75) is 38.2 Å². The van der Waals surface area contributed by atoms with Crippen molar-refractivity contribution in [3.63, 3.8) is 0 Å². The molecule has 0 radical (unpaired) electrons. The summed E-state index contributed by atoms with van der Waals surface area (Å²) >= 11 is 0. The molecule has 0 bridgehead atoms. The summed E-state index contributed by atoms with van der Waals surface area (Å²) < 4.78 is 5.91. The van der Waals surface area contributed by atoms with E-state index in [0.29, 0.717) is 44.9 Å². The highest BCUT2D eigenvalue weighted by atomic mass is 16.5. The van der Waals surface area contributed by atoms with Gasteiger partial charge in [0.25, 0.3) is 0 Å². The van der Waals surface area contributed by atoms with E-state index in [1.807, 2.05) is 9.80 Å². The minimum Gasteiger partial charge on any atom is -0.376 e. The molecule has 0 N–H and O–H groups in total. The van der Waals surface area contributed by atoms with Crippen molar-refractivity contribution in [1.82, 2.24) is 19.8 Å². The first-order chi connectivity index (χ1) is 12.7. The summed E-state index contributed by atoms with van der Waals surface area (Å²) in [4.78, 5) is 36.8. The van der Waals surface area contributed by atoms with Crippen LogP contribution in [0.25, 0.3) is 0 Å². The lowest BCUT2D eigenvalue weighted by atomic mass is 9.90. The number of rotatable bonds is 5. The normalized spacial score (nSPS) is 27.8. The minimum atomic E-state index is 0.0930. The van der Waals surface area contributed by atoms with Crippen LogP contribution in [0.5, 0.6) is 0 Å². The molecule has 7 heteroatoms. The molecular formula is C19H26N4O3. The average molecular weight is 358 g/mol. The smallest absolute Gasteiger partial charge is 0.223 e. The molecule has 3 fully saturated rings. The van der Waals surface area contributed by atoms with Crippen LogP contribution in [0.15, 0.2) is 18.7 Å². The average Bonchev–Trinajstić information content (AvgIpc) is 3.39. The van der Waals surface area contributed by atoms with Gasteiger partial charge in [0.15, 0.2) is 0 Å². The Morgan fingerprint density at radius 3 is 2.62 bits per heavy atom. The maximum absolute atomic E-state index is 12.5. The number of nitrogens with zero attached hydrogens (tertiary/aromatic N) is 4. The number of fused-ring (bicyclic) bond motifs is 1. The van der Waals surface area contributed by atoms with Crippen LogP contribution in [0.2, 0.25) is 0 Å². The lowest BCUT2D eigenvalue weighted by molar-refractivity contribution is -0.131. The second kappa shape index (κ2) is 7.70. The molecule has 0 aliphatic carbocycles. The second-order valence-electron chi connectivity index (χ2n) is 7.63. The maximum Gasteiger partial charge on any atom is 0.223 e. The Labute approximate surface area is 153 Å². The van der Waals surface area contributed by atoms with Crippen LogP contribution in [0.1, 0.15) is 31.2 Å². The zero-order valence-corrected chi connectivity index (χ0v) is 15.0. The Bertz CT molecular complexity index is 647. The van der Waals surface area contributed by atoms with Crippen molar-refractivity contribution in [2.75, 3.05) is 32.8 Å². The molecule has 140 valence electrons. The van der Waals surface area contributed by atoms with E-state index >= 15 is 0 Å². The minimum absolute atomic E-state index is 0.0930. The molecule has 0 spiro atoms. The third kappa shape index (κ3) is 3.72. The number of hydrogen-bond donors (Lipinski definition) is 0. The molecule has 3 atom stereocenters. The van der Waals surface area contributed by atoms with E-state index in [2.05, 4.69) is 9.97 Å². The van der Waals surface area contributed by atoms with Gasteiger partial charge in [0, 0.05) is 57.3 Å². The van der Waals surface area contributed by atoms with E-state index in [0.717, 1.165) is 31.5 Å². The Morgan fingerprint density at radius 2 is 1.85 bits per heavy atom. The molecule has 2 amide bonds. The monoisotopic (exact) mass is 358 g/mol. The SMILES string of the molecule is O=C(C[C@H]1CO[C@@H]2CN(C(=O)CCc3cncnc3)C[C@H]12)N1CCCC1. The van der Waals surface area contributed by atoms with Crippen molar-refractivity contribution in [2.24, 2.45) is 11.8 Å².